The van der Waals surface area contributed by atoms with E-state index in [1.165, 1.54) is 12.1 Å². The van der Waals surface area contributed by atoms with Crippen molar-refractivity contribution in [1.82, 2.24) is 15.1 Å². The number of amides is 1. The van der Waals surface area contributed by atoms with Gasteiger partial charge >= 0.3 is 5.97 Å². The van der Waals surface area contributed by atoms with Crippen LogP contribution in [0.2, 0.25) is 0 Å². The average Bonchev–Trinajstić information content (AvgIpc) is 2.55. The second kappa shape index (κ2) is 7.05. The zero-order valence-corrected chi connectivity index (χ0v) is 13.0. The Morgan fingerprint density at radius 3 is 2.50 bits per heavy atom. The molecule has 1 aromatic carbocycles. The highest BCUT2D eigenvalue weighted by atomic mass is 16.4. The molecule has 0 saturated heterocycles. The molecule has 0 fully saturated rings. The van der Waals surface area contributed by atoms with Crippen molar-refractivity contribution in [3.63, 3.8) is 0 Å². The molecule has 1 atom stereocenters. The van der Waals surface area contributed by atoms with Gasteiger partial charge < -0.3 is 15.5 Å². The molecule has 126 valence electrons. The molecule has 0 aliphatic carbocycles. The quantitative estimate of drug-likeness (QED) is 0.677. The van der Waals surface area contributed by atoms with Gasteiger partial charge in [0, 0.05) is 6.07 Å². The van der Waals surface area contributed by atoms with Crippen LogP contribution in [0.4, 0.5) is 0 Å². The van der Waals surface area contributed by atoms with E-state index in [0.717, 1.165) is 17.2 Å². The highest BCUT2D eigenvalue weighted by Gasteiger charge is 2.30. The number of carboxylic acid groups (broad SMARTS) is 1. The third-order valence-electron chi connectivity index (χ3n) is 3.33. The highest BCUT2D eigenvalue weighted by molar-refractivity contribution is 5.92. The summed E-state index contributed by atoms with van der Waals surface area (Å²) in [4.78, 5) is 34.7. The van der Waals surface area contributed by atoms with Gasteiger partial charge in [0.1, 0.15) is 5.69 Å². The molecule has 0 radical (unpaired) electrons. The number of nitrogens with one attached hydrogen (secondary N) is 1. The van der Waals surface area contributed by atoms with Gasteiger partial charge in [-0.15, -0.1) is 0 Å². The van der Waals surface area contributed by atoms with E-state index in [-0.39, 0.29) is 17.8 Å². The Morgan fingerprint density at radius 2 is 1.88 bits per heavy atom. The average molecular weight is 331 g/mol. The lowest BCUT2D eigenvalue weighted by molar-refractivity contribution is -0.155. The number of hydrogen-bond donors (Lipinski definition) is 3. The van der Waals surface area contributed by atoms with Crippen LogP contribution in [0.5, 0.6) is 0 Å². The van der Waals surface area contributed by atoms with Gasteiger partial charge in [0.2, 0.25) is 0 Å². The molecule has 0 saturated carbocycles. The van der Waals surface area contributed by atoms with E-state index in [0.29, 0.717) is 0 Å². The first kappa shape index (κ1) is 17.4. The Bertz CT molecular complexity index is 799. The van der Waals surface area contributed by atoms with Gasteiger partial charge in [-0.25, -0.2) is 9.48 Å². The zero-order chi connectivity index (χ0) is 17.7. The monoisotopic (exact) mass is 331 g/mol. The van der Waals surface area contributed by atoms with E-state index in [4.69, 9.17) is 5.11 Å². The van der Waals surface area contributed by atoms with E-state index in [9.17, 15) is 19.5 Å². The summed E-state index contributed by atoms with van der Waals surface area (Å²) < 4.78 is 1.14. The van der Waals surface area contributed by atoms with Gasteiger partial charge in [-0.1, -0.05) is 30.3 Å². The molecule has 8 nitrogen and oxygen atoms in total. The SMILES string of the molecule is CC(O)(CNC(=O)c1ccc(=O)n(Cc2ccccc2)n1)C(=O)O. The number of aliphatic carboxylic acids is 1. The molecule has 1 heterocycles. The van der Waals surface area contributed by atoms with Crippen molar-refractivity contribution in [2.45, 2.75) is 19.1 Å². The fourth-order valence-corrected chi connectivity index (χ4v) is 1.86. The smallest absolute Gasteiger partial charge is 0.337 e. The number of carboxylic acids is 1. The minimum Gasteiger partial charge on any atom is -0.479 e. The number of aliphatic hydroxyl groups is 1. The second-order valence-electron chi connectivity index (χ2n) is 5.46. The maximum Gasteiger partial charge on any atom is 0.337 e. The van der Waals surface area contributed by atoms with Crippen molar-refractivity contribution in [3.05, 3.63) is 64.1 Å². The molecule has 1 unspecified atom stereocenters. The largest absolute Gasteiger partial charge is 0.479 e. The predicted molar refractivity (Wildman–Crippen MR) is 84.6 cm³/mol. The number of benzene rings is 1. The standard InChI is InChI=1S/C16H17N3O5/c1-16(24,15(22)23)10-17-14(21)12-7-8-13(20)19(18-12)9-11-5-3-2-4-6-11/h2-8,24H,9-10H2,1H3,(H,17,21)(H,22,23). The predicted octanol–water partition coefficient (Wildman–Crippen LogP) is -0.143. The lowest BCUT2D eigenvalue weighted by atomic mass is 10.1. The third-order valence-corrected chi connectivity index (χ3v) is 3.33. The van der Waals surface area contributed by atoms with E-state index in [2.05, 4.69) is 10.4 Å². The van der Waals surface area contributed by atoms with Crippen LogP contribution in [0.1, 0.15) is 23.0 Å². The number of aromatic nitrogens is 2. The molecule has 1 amide bonds. The maximum absolute atomic E-state index is 12.0. The van der Waals surface area contributed by atoms with Crippen molar-refractivity contribution in [1.29, 1.82) is 0 Å². The molecular weight excluding hydrogens is 314 g/mol. The summed E-state index contributed by atoms with van der Waals surface area (Å²) in [5, 5.41) is 24.7. The van der Waals surface area contributed by atoms with Crippen molar-refractivity contribution < 1.29 is 19.8 Å². The Labute approximate surface area is 137 Å². The van der Waals surface area contributed by atoms with Crippen LogP contribution >= 0.6 is 0 Å². The van der Waals surface area contributed by atoms with E-state index >= 15 is 0 Å². The Kier molecular flexibility index (Phi) is 5.10. The Balaban J connectivity index is 2.14. The number of nitrogens with zero attached hydrogens (tertiary/aromatic N) is 2. The zero-order valence-electron chi connectivity index (χ0n) is 13.0. The van der Waals surface area contributed by atoms with E-state index in [1.54, 1.807) is 0 Å². The van der Waals surface area contributed by atoms with Crippen LogP contribution < -0.4 is 10.9 Å². The van der Waals surface area contributed by atoms with Crippen LogP contribution in [0.15, 0.2) is 47.3 Å². The molecule has 8 heteroatoms. The van der Waals surface area contributed by atoms with Crippen molar-refractivity contribution in [3.8, 4) is 0 Å². The van der Waals surface area contributed by atoms with Crippen molar-refractivity contribution >= 4 is 11.9 Å². The molecule has 0 bridgehead atoms. The maximum atomic E-state index is 12.0. The lowest BCUT2D eigenvalue weighted by Crippen LogP contribution is -2.46. The summed E-state index contributed by atoms with van der Waals surface area (Å²) >= 11 is 0. The molecule has 0 spiro atoms. The summed E-state index contributed by atoms with van der Waals surface area (Å²) in [5.41, 5.74) is -1.66. The Hall–Kier alpha value is -3.00. The van der Waals surface area contributed by atoms with Crippen LogP contribution in [0.3, 0.4) is 0 Å². The normalized spacial score (nSPS) is 13.1. The minimum atomic E-state index is -2.09. The fourth-order valence-electron chi connectivity index (χ4n) is 1.86. The van der Waals surface area contributed by atoms with E-state index in [1.807, 2.05) is 30.3 Å². The molecular formula is C16H17N3O5. The second-order valence-corrected chi connectivity index (χ2v) is 5.46. The van der Waals surface area contributed by atoms with Gasteiger partial charge in [-0.2, -0.15) is 5.10 Å². The van der Waals surface area contributed by atoms with Gasteiger partial charge in [-0.3, -0.25) is 9.59 Å². The first-order chi connectivity index (χ1) is 11.3. The summed E-state index contributed by atoms with van der Waals surface area (Å²) in [6.07, 6.45) is 0. The third kappa shape index (κ3) is 4.26. The van der Waals surface area contributed by atoms with Gasteiger partial charge in [-0.05, 0) is 18.6 Å². The number of carbonyl (C=O) groups excluding carboxylic acids is 1. The molecule has 2 aromatic rings. The van der Waals surface area contributed by atoms with Crippen LogP contribution in [0, 0.1) is 0 Å². The molecule has 3 N–H and O–H groups in total. The van der Waals surface area contributed by atoms with Crippen molar-refractivity contribution in [2.75, 3.05) is 6.54 Å². The fraction of sp³-hybridized carbons (Fsp3) is 0.250. The van der Waals surface area contributed by atoms with Crippen LogP contribution in [0.25, 0.3) is 0 Å². The van der Waals surface area contributed by atoms with Gasteiger partial charge in [0.15, 0.2) is 5.60 Å². The molecule has 0 aliphatic rings. The Morgan fingerprint density at radius 1 is 1.21 bits per heavy atom. The molecule has 0 aliphatic heterocycles. The lowest BCUT2D eigenvalue weighted by Gasteiger charge is -2.18. The molecule has 2 rings (SSSR count). The van der Waals surface area contributed by atoms with Gasteiger partial charge in [0.25, 0.3) is 11.5 Å². The summed E-state index contributed by atoms with van der Waals surface area (Å²) in [6, 6.07) is 11.6. The summed E-state index contributed by atoms with van der Waals surface area (Å²) in [5.74, 6) is -2.14. The van der Waals surface area contributed by atoms with E-state index < -0.39 is 24.0 Å². The minimum absolute atomic E-state index is 0.0493. The number of hydrogen-bond acceptors (Lipinski definition) is 5. The summed E-state index contributed by atoms with van der Waals surface area (Å²) in [6.45, 7) is 0.785. The highest BCUT2D eigenvalue weighted by Crippen LogP contribution is 2.03. The van der Waals surface area contributed by atoms with Crippen LogP contribution in [-0.2, 0) is 11.3 Å². The molecule has 24 heavy (non-hydrogen) atoms. The number of rotatable bonds is 6. The van der Waals surface area contributed by atoms with Crippen molar-refractivity contribution in [2.24, 2.45) is 0 Å². The van der Waals surface area contributed by atoms with Crippen LogP contribution in [-0.4, -0.2) is 44.0 Å². The first-order valence-corrected chi connectivity index (χ1v) is 7.16. The summed E-state index contributed by atoms with van der Waals surface area (Å²) in [7, 11) is 0. The molecule has 1 aromatic heterocycles. The van der Waals surface area contributed by atoms with Gasteiger partial charge in [0.05, 0.1) is 13.1 Å². The topological polar surface area (TPSA) is 122 Å². The number of carbonyl (C=O) groups is 2. The first-order valence-electron chi connectivity index (χ1n) is 7.16.